The van der Waals surface area contributed by atoms with E-state index in [1.54, 1.807) is 29.5 Å². The molecule has 7 aliphatic carbocycles. The Morgan fingerprint density at radius 1 is 0.907 bits per heavy atom. The van der Waals surface area contributed by atoms with Gasteiger partial charge in [0.1, 0.15) is 11.6 Å². The maximum absolute atomic E-state index is 11.5. The predicted molar refractivity (Wildman–Crippen MR) is 222 cm³/mol. The van der Waals surface area contributed by atoms with Crippen LogP contribution in [0, 0.1) is 62.6 Å². The zero-order valence-electron chi connectivity index (χ0n) is 34.7. The van der Waals surface area contributed by atoms with Crippen molar-refractivity contribution in [3.63, 3.8) is 0 Å². The second-order valence-electron chi connectivity index (χ2n) is 20.9. The zero-order chi connectivity index (χ0) is 38.0. The summed E-state index contributed by atoms with van der Waals surface area (Å²) in [4.78, 5) is 4.31. The highest BCUT2D eigenvalue weighted by Gasteiger charge is 2.69. The second-order valence-corrected chi connectivity index (χ2v) is 22.0. The molecule has 0 spiro atoms. The van der Waals surface area contributed by atoms with Gasteiger partial charge in [-0.3, -0.25) is 0 Å². The molecule has 7 unspecified atom stereocenters. The number of nitrogens with one attached hydrogen (secondary N) is 1. The zero-order valence-corrected chi connectivity index (χ0v) is 35.5. The Bertz CT molecular complexity index is 1650. The molecule has 0 bridgehead atoms. The molecule has 0 aromatic carbocycles. The number of rotatable bonds is 9. The van der Waals surface area contributed by atoms with Gasteiger partial charge in [-0.1, -0.05) is 53.2 Å². The number of hydrogen-bond acceptors (Lipinski definition) is 6. The van der Waals surface area contributed by atoms with E-state index in [0.29, 0.717) is 51.7 Å². The fraction of sp³-hybridized carbons (Fsp3) is 0.792. The monoisotopic (exact) mass is 754 g/mol. The van der Waals surface area contributed by atoms with Crippen molar-refractivity contribution in [1.82, 2.24) is 10.3 Å². The Balaban J connectivity index is 0.946. The molecule has 0 aliphatic heterocycles. The number of allylic oxidation sites excluding steroid dienone is 4. The van der Waals surface area contributed by atoms with Gasteiger partial charge in [0.2, 0.25) is 5.88 Å². The summed E-state index contributed by atoms with van der Waals surface area (Å²) in [5, 5.41) is 25.9. The van der Waals surface area contributed by atoms with Crippen molar-refractivity contribution >= 4 is 11.8 Å². The van der Waals surface area contributed by atoms with Crippen LogP contribution >= 0.6 is 11.8 Å². The number of nitriles is 1. The van der Waals surface area contributed by atoms with Crippen LogP contribution < -0.4 is 10.1 Å². The molecule has 5 fully saturated rings. The van der Waals surface area contributed by atoms with Gasteiger partial charge in [-0.25, -0.2) is 4.98 Å². The Morgan fingerprint density at radius 3 is 2.46 bits per heavy atom. The average Bonchev–Trinajstić information content (AvgIpc) is 3.59. The molecular weight excluding hydrogens is 683 g/mol. The van der Waals surface area contributed by atoms with Gasteiger partial charge in [-0.05, 0) is 196 Å². The fourth-order valence-corrected chi connectivity index (χ4v) is 16.0. The molecule has 1 heterocycles. The summed E-state index contributed by atoms with van der Waals surface area (Å²) in [6, 6.07) is 5.80. The predicted octanol–water partition coefficient (Wildman–Crippen LogP) is 11.2. The third-order valence-electron chi connectivity index (χ3n) is 18.4. The molecule has 5 nitrogen and oxygen atoms in total. The van der Waals surface area contributed by atoms with Gasteiger partial charge in [-0.2, -0.15) is 17.0 Å². The maximum atomic E-state index is 11.5. The first kappa shape index (κ1) is 39.0. The lowest BCUT2D eigenvalue weighted by Crippen LogP contribution is -2.67. The van der Waals surface area contributed by atoms with Crippen LogP contribution in [0.3, 0.4) is 0 Å². The lowest BCUT2D eigenvalue weighted by Gasteiger charge is -2.72. The van der Waals surface area contributed by atoms with Crippen molar-refractivity contribution in [3.05, 3.63) is 47.2 Å². The van der Waals surface area contributed by atoms with Crippen LogP contribution in [0.4, 0.5) is 0 Å². The molecule has 0 saturated heterocycles. The fourth-order valence-electron chi connectivity index (χ4n) is 15.3. The number of aromatic nitrogens is 1. The van der Waals surface area contributed by atoms with E-state index in [2.05, 4.69) is 69.4 Å². The minimum absolute atomic E-state index is 0.173. The molecule has 296 valence electrons. The van der Waals surface area contributed by atoms with Gasteiger partial charge in [0.25, 0.3) is 0 Å². The summed E-state index contributed by atoms with van der Waals surface area (Å²) in [7, 11) is 0. The molecule has 54 heavy (non-hydrogen) atoms. The van der Waals surface area contributed by atoms with E-state index in [1.165, 1.54) is 77.0 Å². The molecule has 6 heteroatoms. The van der Waals surface area contributed by atoms with E-state index in [0.717, 1.165) is 68.1 Å². The standard InChI is InChI=1S/C48H71N3O2S/c1-43(2)37(34-13-11-33(12-14-34)32-53-42-35(31-49)9-8-29-50-42)19-22-44(3)40(43)20-23-46(5)41(44)16-15-38-39-10-7-21-48(39,27-26-45(38,46)4)51-30-28-47(52)24-17-36(54-6)18-25-47/h8-9,13,19,29,33,36,38-41,51-52H,7,10-12,14-18,20-28,30,32H2,1-6H3/t33?,36?,38?,39-,40?,41?,44?,45-,46?,47?,48?/m1/s1. The number of pyridine rings is 1. The number of fused-ring (bicyclic) bond motifs is 7. The van der Waals surface area contributed by atoms with E-state index in [4.69, 9.17) is 4.74 Å². The van der Waals surface area contributed by atoms with E-state index < -0.39 is 5.60 Å². The second kappa shape index (κ2) is 14.5. The smallest absolute Gasteiger partial charge is 0.231 e. The summed E-state index contributed by atoms with van der Waals surface area (Å²) < 4.78 is 6.07. The minimum Gasteiger partial charge on any atom is -0.476 e. The van der Waals surface area contributed by atoms with Crippen molar-refractivity contribution in [2.45, 2.75) is 167 Å². The van der Waals surface area contributed by atoms with Gasteiger partial charge in [-0.15, -0.1) is 0 Å². The normalized spacial score (nSPS) is 44.0. The van der Waals surface area contributed by atoms with Crippen LogP contribution in [0.5, 0.6) is 5.88 Å². The Kier molecular flexibility index (Phi) is 10.5. The number of aliphatic hydroxyl groups is 1. The molecule has 0 radical (unpaired) electrons. The molecule has 2 N–H and O–H groups in total. The average molecular weight is 754 g/mol. The molecule has 1 aromatic rings. The largest absolute Gasteiger partial charge is 0.476 e. The van der Waals surface area contributed by atoms with Crippen LogP contribution in [-0.4, -0.2) is 45.9 Å². The van der Waals surface area contributed by atoms with Crippen LogP contribution in [0.1, 0.15) is 156 Å². The number of thioether (sulfide) groups is 1. The van der Waals surface area contributed by atoms with Gasteiger partial charge < -0.3 is 15.2 Å². The Morgan fingerprint density at radius 2 is 1.72 bits per heavy atom. The van der Waals surface area contributed by atoms with Crippen molar-refractivity contribution < 1.29 is 9.84 Å². The molecule has 0 amide bonds. The highest BCUT2D eigenvalue weighted by atomic mass is 32.2. The summed E-state index contributed by atoms with van der Waals surface area (Å²) in [5.74, 6) is 4.04. The molecule has 5 saturated carbocycles. The summed E-state index contributed by atoms with van der Waals surface area (Å²) in [6.45, 7) is 15.1. The Hall–Kier alpha value is -1.81. The first-order chi connectivity index (χ1) is 25.8. The molecule has 8 rings (SSSR count). The van der Waals surface area contributed by atoms with Crippen LogP contribution in [0.2, 0.25) is 0 Å². The minimum atomic E-state index is -0.454. The van der Waals surface area contributed by atoms with Gasteiger partial charge in [0.15, 0.2) is 0 Å². The van der Waals surface area contributed by atoms with Crippen LogP contribution in [-0.2, 0) is 0 Å². The number of nitrogens with zero attached hydrogens (tertiary/aromatic N) is 2. The van der Waals surface area contributed by atoms with Gasteiger partial charge >= 0.3 is 0 Å². The third kappa shape index (κ3) is 6.36. The maximum Gasteiger partial charge on any atom is 0.231 e. The van der Waals surface area contributed by atoms with E-state index in [9.17, 15) is 10.4 Å². The summed E-state index contributed by atoms with van der Waals surface area (Å²) >= 11 is 1.99. The van der Waals surface area contributed by atoms with Crippen LogP contribution in [0.25, 0.3) is 0 Å². The lowest BCUT2D eigenvalue weighted by molar-refractivity contribution is -0.218. The highest BCUT2D eigenvalue weighted by molar-refractivity contribution is 7.99. The lowest BCUT2D eigenvalue weighted by atomic mass is 9.33. The first-order valence-electron chi connectivity index (χ1n) is 22.2. The molecule has 9 atom stereocenters. The molecular formula is C48H71N3O2S. The van der Waals surface area contributed by atoms with Crippen molar-refractivity contribution in [1.29, 1.82) is 5.26 Å². The summed E-state index contributed by atoms with van der Waals surface area (Å²) in [6.07, 6.45) is 31.3. The Labute approximate surface area is 332 Å². The molecule has 1 aromatic heterocycles. The number of ether oxygens (including phenoxy) is 1. The van der Waals surface area contributed by atoms with E-state index >= 15 is 0 Å². The van der Waals surface area contributed by atoms with E-state index in [-0.39, 0.29) is 5.41 Å². The van der Waals surface area contributed by atoms with E-state index in [1.807, 2.05) is 11.8 Å². The van der Waals surface area contributed by atoms with Gasteiger partial charge in [0, 0.05) is 17.0 Å². The summed E-state index contributed by atoms with van der Waals surface area (Å²) in [5.41, 5.74) is 4.90. The first-order valence-corrected chi connectivity index (χ1v) is 23.5. The SMILES string of the molecule is CSC1CCC(O)(CCNC23CCC[C@@H]2C2CCC4C5(C)CC=C(C6=CCC(COc7ncccc7C#N)CC6)C(C)(C)C5CCC4(C)[C@]2(C)CC3)CC1. The third-order valence-corrected chi connectivity index (χ3v) is 19.6. The van der Waals surface area contributed by atoms with Gasteiger partial charge in [0.05, 0.1) is 12.2 Å². The quantitative estimate of drug-likeness (QED) is 0.261. The molecule has 7 aliphatic rings. The van der Waals surface area contributed by atoms with Crippen molar-refractivity contribution in [3.8, 4) is 11.9 Å². The topological polar surface area (TPSA) is 78.2 Å². The van der Waals surface area contributed by atoms with Crippen molar-refractivity contribution in [2.75, 3.05) is 19.4 Å². The van der Waals surface area contributed by atoms with Crippen LogP contribution in [0.15, 0.2) is 41.6 Å². The highest BCUT2D eigenvalue weighted by Crippen LogP contribution is 2.76. The number of hydrogen-bond donors (Lipinski definition) is 2. The van der Waals surface area contributed by atoms with Crippen molar-refractivity contribution in [2.24, 2.45) is 51.2 Å².